The maximum absolute atomic E-state index is 11.7. The van der Waals surface area contributed by atoms with Crippen molar-refractivity contribution < 1.29 is 9.59 Å². The number of aromatic nitrogens is 1. The summed E-state index contributed by atoms with van der Waals surface area (Å²) in [6.07, 6.45) is 1.50. The molecule has 2 aromatic rings. The Labute approximate surface area is 98.3 Å². The van der Waals surface area contributed by atoms with Crippen molar-refractivity contribution in [3.8, 4) is 0 Å². The van der Waals surface area contributed by atoms with Crippen LogP contribution in [0.3, 0.4) is 0 Å². The number of rotatable bonds is 2. The highest BCUT2D eigenvalue weighted by molar-refractivity contribution is 6.09. The zero-order valence-corrected chi connectivity index (χ0v) is 8.96. The third-order valence-electron chi connectivity index (χ3n) is 2.16. The second-order valence-electron chi connectivity index (χ2n) is 3.36. The highest BCUT2D eigenvalue weighted by Crippen LogP contribution is 1.99. The van der Waals surface area contributed by atoms with Gasteiger partial charge in [0, 0.05) is 11.8 Å². The molecule has 0 spiro atoms. The van der Waals surface area contributed by atoms with E-state index in [2.05, 4.69) is 10.3 Å². The maximum Gasteiger partial charge on any atom is 0.276 e. The van der Waals surface area contributed by atoms with Crippen LogP contribution in [0.25, 0.3) is 0 Å². The minimum Gasteiger partial charge on any atom is -0.287 e. The fraction of sp³-hybridized carbons (Fsp3) is 0. The van der Waals surface area contributed by atoms with Gasteiger partial charge in [0.2, 0.25) is 0 Å². The first-order valence-corrected chi connectivity index (χ1v) is 5.09. The van der Waals surface area contributed by atoms with Crippen LogP contribution in [0.5, 0.6) is 0 Å². The molecule has 0 radical (unpaired) electrons. The number of hydrogen-bond acceptors (Lipinski definition) is 3. The average molecular weight is 226 g/mol. The predicted octanol–water partition coefficient (Wildman–Crippen LogP) is 1.65. The minimum atomic E-state index is -0.501. The van der Waals surface area contributed by atoms with Crippen LogP contribution in [-0.2, 0) is 0 Å². The first kappa shape index (κ1) is 11.0. The van der Waals surface area contributed by atoms with Gasteiger partial charge in [0.25, 0.3) is 11.8 Å². The maximum atomic E-state index is 11.7. The highest BCUT2D eigenvalue weighted by Gasteiger charge is 2.11. The molecule has 1 N–H and O–H groups in total. The number of pyridine rings is 1. The lowest BCUT2D eigenvalue weighted by atomic mass is 10.2. The number of carbonyl (C=O) groups is 2. The zero-order chi connectivity index (χ0) is 12.1. The third kappa shape index (κ3) is 2.75. The lowest BCUT2D eigenvalue weighted by Gasteiger charge is -2.02. The van der Waals surface area contributed by atoms with Crippen molar-refractivity contribution in [3.05, 3.63) is 66.0 Å². The SMILES string of the molecule is O=C(NC(=O)c1ccccn1)c1ccccc1. The van der Waals surface area contributed by atoms with Crippen LogP contribution in [-0.4, -0.2) is 16.8 Å². The molecule has 0 aliphatic carbocycles. The summed E-state index contributed by atoms with van der Waals surface area (Å²) in [5.74, 6) is -0.930. The predicted molar refractivity (Wildman–Crippen MR) is 62.5 cm³/mol. The monoisotopic (exact) mass is 226 g/mol. The minimum absolute atomic E-state index is 0.219. The number of nitrogens with one attached hydrogen (secondary N) is 1. The van der Waals surface area contributed by atoms with Gasteiger partial charge in [-0.25, -0.2) is 0 Å². The number of nitrogens with zero attached hydrogens (tertiary/aromatic N) is 1. The van der Waals surface area contributed by atoms with Crippen LogP contribution in [0.1, 0.15) is 20.8 Å². The molecule has 0 fully saturated rings. The van der Waals surface area contributed by atoms with Crippen LogP contribution < -0.4 is 5.32 Å². The number of amides is 2. The smallest absolute Gasteiger partial charge is 0.276 e. The van der Waals surface area contributed by atoms with E-state index < -0.39 is 11.8 Å². The van der Waals surface area contributed by atoms with Gasteiger partial charge in [-0.3, -0.25) is 19.9 Å². The Morgan fingerprint density at radius 3 is 2.24 bits per heavy atom. The van der Waals surface area contributed by atoms with Crippen LogP contribution in [0.4, 0.5) is 0 Å². The Hall–Kier alpha value is -2.49. The second kappa shape index (κ2) is 5.03. The molecule has 4 nitrogen and oxygen atoms in total. The molecular weight excluding hydrogens is 216 g/mol. The molecule has 2 rings (SSSR count). The van der Waals surface area contributed by atoms with Crippen molar-refractivity contribution in [2.75, 3.05) is 0 Å². The van der Waals surface area contributed by atoms with E-state index in [1.165, 1.54) is 6.20 Å². The molecule has 17 heavy (non-hydrogen) atoms. The highest BCUT2D eigenvalue weighted by atomic mass is 16.2. The molecule has 84 valence electrons. The van der Waals surface area contributed by atoms with Crippen molar-refractivity contribution in [3.63, 3.8) is 0 Å². The van der Waals surface area contributed by atoms with E-state index in [1.54, 1.807) is 48.5 Å². The molecule has 0 bridgehead atoms. The second-order valence-corrected chi connectivity index (χ2v) is 3.36. The summed E-state index contributed by atoms with van der Waals surface area (Å²) in [7, 11) is 0. The van der Waals surface area contributed by atoms with Gasteiger partial charge in [-0.1, -0.05) is 24.3 Å². The van der Waals surface area contributed by atoms with Crippen LogP contribution in [0.15, 0.2) is 54.7 Å². The molecule has 0 unspecified atom stereocenters. The molecule has 0 saturated heterocycles. The van der Waals surface area contributed by atoms with Crippen molar-refractivity contribution in [1.82, 2.24) is 10.3 Å². The number of imide groups is 1. The summed E-state index contributed by atoms with van der Waals surface area (Å²) in [6.45, 7) is 0. The lowest BCUT2D eigenvalue weighted by Crippen LogP contribution is -2.30. The Morgan fingerprint density at radius 1 is 0.882 bits per heavy atom. The summed E-state index contributed by atoms with van der Waals surface area (Å²) in [5.41, 5.74) is 0.661. The van der Waals surface area contributed by atoms with Crippen LogP contribution in [0.2, 0.25) is 0 Å². The van der Waals surface area contributed by atoms with Crippen LogP contribution >= 0.6 is 0 Å². The summed E-state index contributed by atoms with van der Waals surface area (Å²) < 4.78 is 0. The Morgan fingerprint density at radius 2 is 1.59 bits per heavy atom. The number of hydrogen-bond donors (Lipinski definition) is 1. The topological polar surface area (TPSA) is 59.1 Å². The van der Waals surface area contributed by atoms with Crippen molar-refractivity contribution in [1.29, 1.82) is 0 Å². The van der Waals surface area contributed by atoms with Gasteiger partial charge in [0.15, 0.2) is 0 Å². The quantitative estimate of drug-likeness (QED) is 0.792. The zero-order valence-electron chi connectivity index (χ0n) is 8.96. The molecule has 0 aliphatic rings. The van der Waals surface area contributed by atoms with Gasteiger partial charge >= 0.3 is 0 Å². The molecule has 1 heterocycles. The molecule has 2 amide bonds. The third-order valence-corrected chi connectivity index (χ3v) is 2.16. The first-order chi connectivity index (χ1) is 8.27. The molecule has 4 heteroatoms. The van der Waals surface area contributed by atoms with Crippen molar-refractivity contribution in [2.45, 2.75) is 0 Å². The Kier molecular flexibility index (Phi) is 3.25. The van der Waals surface area contributed by atoms with E-state index in [9.17, 15) is 9.59 Å². The average Bonchev–Trinajstić information content (AvgIpc) is 2.40. The summed E-state index contributed by atoms with van der Waals surface area (Å²) in [6, 6.07) is 13.5. The number of benzene rings is 1. The fourth-order valence-corrected chi connectivity index (χ4v) is 1.33. The van der Waals surface area contributed by atoms with E-state index in [0.717, 1.165) is 0 Å². The van der Waals surface area contributed by atoms with E-state index in [4.69, 9.17) is 0 Å². The Balaban J connectivity index is 2.08. The van der Waals surface area contributed by atoms with Gasteiger partial charge in [-0.05, 0) is 24.3 Å². The molecule has 0 saturated carbocycles. The van der Waals surface area contributed by atoms with Gasteiger partial charge in [0.1, 0.15) is 5.69 Å². The standard InChI is InChI=1S/C13H10N2O2/c16-12(10-6-2-1-3-7-10)15-13(17)11-8-4-5-9-14-11/h1-9H,(H,15,16,17). The molecule has 1 aromatic carbocycles. The van der Waals surface area contributed by atoms with Crippen molar-refractivity contribution in [2.24, 2.45) is 0 Å². The first-order valence-electron chi connectivity index (χ1n) is 5.09. The Bertz CT molecular complexity index is 474. The number of carbonyl (C=O) groups excluding carboxylic acids is 2. The van der Waals surface area contributed by atoms with Gasteiger partial charge in [0.05, 0.1) is 0 Å². The van der Waals surface area contributed by atoms with E-state index >= 15 is 0 Å². The molecule has 0 aliphatic heterocycles. The van der Waals surface area contributed by atoms with E-state index in [1.807, 2.05) is 0 Å². The summed E-state index contributed by atoms with van der Waals surface area (Å²) >= 11 is 0. The van der Waals surface area contributed by atoms with Gasteiger partial charge < -0.3 is 0 Å². The van der Waals surface area contributed by atoms with E-state index in [-0.39, 0.29) is 5.69 Å². The van der Waals surface area contributed by atoms with E-state index in [0.29, 0.717) is 5.56 Å². The largest absolute Gasteiger partial charge is 0.287 e. The molecular formula is C13H10N2O2. The summed E-state index contributed by atoms with van der Waals surface area (Å²) in [5, 5.41) is 2.27. The van der Waals surface area contributed by atoms with Gasteiger partial charge in [-0.2, -0.15) is 0 Å². The normalized spacial score (nSPS) is 9.65. The summed E-state index contributed by atoms with van der Waals surface area (Å²) in [4.78, 5) is 27.2. The molecule has 0 atom stereocenters. The fourth-order valence-electron chi connectivity index (χ4n) is 1.33. The van der Waals surface area contributed by atoms with Crippen molar-refractivity contribution >= 4 is 11.8 Å². The van der Waals surface area contributed by atoms with Crippen LogP contribution in [0, 0.1) is 0 Å². The molecule has 1 aromatic heterocycles. The van der Waals surface area contributed by atoms with Gasteiger partial charge in [-0.15, -0.1) is 0 Å². The lowest BCUT2D eigenvalue weighted by molar-refractivity contribution is 0.0846.